The number of ether oxygens (including phenoxy) is 2. The molecule has 0 aliphatic rings. The molecule has 140 valence electrons. The van der Waals surface area contributed by atoms with E-state index in [9.17, 15) is 4.79 Å². The van der Waals surface area contributed by atoms with Crippen LogP contribution in [0.5, 0.6) is 11.5 Å². The lowest BCUT2D eigenvalue weighted by Gasteiger charge is -2.18. The number of carbonyl (C=O) groups excluding carboxylic acids is 1. The second kappa shape index (κ2) is 9.27. The zero-order valence-electron chi connectivity index (χ0n) is 16.3. The second-order valence-electron chi connectivity index (χ2n) is 7.03. The summed E-state index contributed by atoms with van der Waals surface area (Å²) >= 11 is 0. The Morgan fingerprint density at radius 1 is 1.00 bits per heavy atom. The summed E-state index contributed by atoms with van der Waals surface area (Å²) < 4.78 is 11.6. The van der Waals surface area contributed by atoms with Gasteiger partial charge in [0.15, 0.2) is 6.10 Å². The average molecular weight is 355 g/mol. The van der Waals surface area contributed by atoms with Gasteiger partial charge in [0.25, 0.3) is 5.91 Å². The number of para-hydroxylation sites is 1. The van der Waals surface area contributed by atoms with E-state index in [1.807, 2.05) is 56.3 Å². The van der Waals surface area contributed by atoms with E-state index in [1.165, 1.54) is 0 Å². The quantitative estimate of drug-likeness (QED) is 0.714. The molecule has 0 radical (unpaired) electrons. The molecule has 26 heavy (non-hydrogen) atoms. The molecular formula is C22H29NO3. The predicted octanol–water partition coefficient (Wildman–Crippen LogP) is 5.13. The molecule has 0 aromatic heterocycles. The van der Waals surface area contributed by atoms with Crippen LogP contribution in [0.15, 0.2) is 42.5 Å². The SMILES string of the molecule is Cc1cccc(C)c1OC(C)C(=O)Nc1ccc(OCCC(C)C)cc1. The van der Waals surface area contributed by atoms with Gasteiger partial charge in [-0.3, -0.25) is 4.79 Å². The van der Waals surface area contributed by atoms with Gasteiger partial charge in [-0.25, -0.2) is 0 Å². The molecule has 2 aromatic carbocycles. The van der Waals surface area contributed by atoms with Crippen molar-refractivity contribution in [3.8, 4) is 11.5 Å². The minimum Gasteiger partial charge on any atom is -0.494 e. The molecule has 0 aliphatic carbocycles. The summed E-state index contributed by atoms with van der Waals surface area (Å²) in [6.07, 6.45) is 0.433. The van der Waals surface area contributed by atoms with Crippen LogP contribution in [0.3, 0.4) is 0 Å². The fourth-order valence-electron chi connectivity index (χ4n) is 2.51. The van der Waals surface area contributed by atoms with Crippen LogP contribution in [0.4, 0.5) is 5.69 Å². The third-order valence-corrected chi connectivity index (χ3v) is 4.16. The number of hydrogen-bond acceptors (Lipinski definition) is 3. The molecule has 1 unspecified atom stereocenters. The van der Waals surface area contributed by atoms with Crippen LogP contribution in [-0.4, -0.2) is 18.6 Å². The van der Waals surface area contributed by atoms with Gasteiger partial charge in [0.05, 0.1) is 6.61 Å². The summed E-state index contributed by atoms with van der Waals surface area (Å²) in [6.45, 7) is 10.7. The van der Waals surface area contributed by atoms with Gasteiger partial charge in [0.1, 0.15) is 11.5 Å². The van der Waals surface area contributed by atoms with Crippen molar-refractivity contribution in [1.82, 2.24) is 0 Å². The van der Waals surface area contributed by atoms with E-state index in [1.54, 1.807) is 6.92 Å². The first-order chi connectivity index (χ1) is 12.4. The summed E-state index contributed by atoms with van der Waals surface area (Å²) in [5.74, 6) is 2.01. The van der Waals surface area contributed by atoms with Crippen molar-refractivity contribution in [3.63, 3.8) is 0 Å². The third kappa shape index (κ3) is 5.80. The number of rotatable bonds is 8. The Hall–Kier alpha value is -2.49. The fraction of sp³-hybridized carbons (Fsp3) is 0.409. The zero-order chi connectivity index (χ0) is 19.1. The van der Waals surface area contributed by atoms with E-state index in [0.717, 1.165) is 34.7 Å². The predicted molar refractivity (Wildman–Crippen MR) is 106 cm³/mol. The van der Waals surface area contributed by atoms with Crippen molar-refractivity contribution in [2.45, 2.75) is 47.1 Å². The fourth-order valence-corrected chi connectivity index (χ4v) is 2.51. The van der Waals surface area contributed by atoms with E-state index in [4.69, 9.17) is 9.47 Å². The summed E-state index contributed by atoms with van der Waals surface area (Å²) in [7, 11) is 0. The molecule has 2 rings (SSSR count). The van der Waals surface area contributed by atoms with Crippen LogP contribution >= 0.6 is 0 Å². The number of amides is 1. The third-order valence-electron chi connectivity index (χ3n) is 4.16. The molecular weight excluding hydrogens is 326 g/mol. The van der Waals surface area contributed by atoms with Gasteiger partial charge in [-0.15, -0.1) is 0 Å². The molecule has 0 saturated heterocycles. The van der Waals surface area contributed by atoms with E-state index < -0.39 is 6.10 Å². The van der Waals surface area contributed by atoms with Gasteiger partial charge < -0.3 is 14.8 Å². The Bertz CT molecular complexity index is 702. The molecule has 4 heteroatoms. The van der Waals surface area contributed by atoms with Crippen molar-refractivity contribution < 1.29 is 14.3 Å². The van der Waals surface area contributed by atoms with Crippen LogP contribution in [0.25, 0.3) is 0 Å². The van der Waals surface area contributed by atoms with Gasteiger partial charge in [-0.2, -0.15) is 0 Å². The van der Waals surface area contributed by atoms with Crippen molar-refractivity contribution in [3.05, 3.63) is 53.6 Å². The number of carbonyl (C=O) groups is 1. The molecule has 4 nitrogen and oxygen atoms in total. The Morgan fingerprint density at radius 2 is 1.62 bits per heavy atom. The van der Waals surface area contributed by atoms with Crippen LogP contribution in [0.2, 0.25) is 0 Å². The molecule has 0 fully saturated rings. The summed E-state index contributed by atoms with van der Waals surface area (Å²) in [4.78, 5) is 12.4. The average Bonchev–Trinajstić information content (AvgIpc) is 2.59. The van der Waals surface area contributed by atoms with Gasteiger partial charge >= 0.3 is 0 Å². The Labute approximate surface area is 156 Å². The molecule has 2 aromatic rings. The maximum atomic E-state index is 12.4. The second-order valence-corrected chi connectivity index (χ2v) is 7.03. The molecule has 1 N–H and O–H groups in total. The number of hydrogen-bond donors (Lipinski definition) is 1. The Kier molecular flexibility index (Phi) is 7.07. The number of benzene rings is 2. The summed E-state index contributed by atoms with van der Waals surface area (Å²) in [6, 6.07) is 13.4. The van der Waals surface area contributed by atoms with Crippen molar-refractivity contribution >= 4 is 11.6 Å². The maximum absolute atomic E-state index is 12.4. The van der Waals surface area contributed by atoms with Crippen LogP contribution in [-0.2, 0) is 4.79 Å². The van der Waals surface area contributed by atoms with Crippen LogP contribution in [0, 0.1) is 19.8 Å². The highest BCUT2D eigenvalue weighted by Gasteiger charge is 2.17. The molecule has 1 atom stereocenters. The highest BCUT2D eigenvalue weighted by Crippen LogP contribution is 2.24. The number of nitrogens with one attached hydrogen (secondary N) is 1. The summed E-state index contributed by atoms with van der Waals surface area (Å²) in [5, 5.41) is 2.88. The Balaban J connectivity index is 1.90. The molecule has 1 amide bonds. The highest BCUT2D eigenvalue weighted by atomic mass is 16.5. The first-order valence-corrected chi connectivity index (χ1v) is 9.13. The first kappa shape index (κ1) is 19.8. The first-order valence-electron chi connectivity index (χ1n) is 9.13. The summed E-state index contributed by atoms with van der Waals surface area (Å²) in [5.41, 5.74) is 2.77. The van der Waals surface area contributed by atoms with Crippen LogP contribution < -0.4 is 14.8 Å². The van der Waals surface area contributed by atoms with E-state index >= 15 is 0 Å². The lowest BCUT2D eigenvalue weighted by Crippen LogP contribution is -2.30. The lowest BCUT2D eigenvalue weighted by molar-refractivity contribution is -0.122. The highest BCUT2D eigenvalue weighted by molar-refractivity contribution is 5.94. The Morgan fingerprint density at radius 3 is 2.19 bits per heavy atom. The maximum Gasteiger partial charge on any atom is 0.265 e. The van der Waals surface area contributed by atoms with Gasteiger partial charge in [0, 0.05) is 5.69 Å². The monoisotopic (exact) mass is 355 g/mol. The molecule has 0 spiro atoms. The van der Waals surface area contributed by atoms with E-state index in [-0.39, 0.29) is 5.91 Å². The van der Waals surface area contributed by atoms with Gasteiger partial charge in [0.2, 0.25) is 0 Å². The molecule has 0 saturated carbocycles. The van der Waals surface area contributed by atoms with E-state index in [2.05, 4.69) is 19.2 Å². The largest absolute Gasteiger partial charge is 0.494 e. The normalized spacial score (nSPS) is 11.9. The van der Waals surface area contributed by atoms with Gasteiger partial charge in [-0.1, -0.05) is 32.0 Å². The van der Waals surface area contributed by atoms with Crippen molar-refractivity contribution in [1.29, 1.82) is 0 Å². The number of anilines is 1. The number of aryl methyl sites for hydroxylation is 2. The van der Waals surface area contributed by atoms with Gasteiger partial charge in [-0.05, 0) is 68.5 Å². The smallest absolute Gasteiger partial charge is 0.265 e. The van der Waals surface area contributed by atoms with Crippen LogP contribution in [0.1, 0.15) is 38.3 Å². The standard InChI is InChI=1S/C22H29NO3/c1-15(2)13-14-25-20-11-9-19(10-12-20)23-22(24)18(5)26-21-16(3)7-6-8-17(21)4/h6-12,15,18H,13-14H2,1-5H3,(H,23,24). The minimum atomic E-state index is -0.586. The minimum absolute atomic E-state index is 0.180. The zero-order valence-corrected chi connectivity index (χ0v) is 16.3. The molecule has 0 bridgehead atoms. The molecule has 0 heterocycles. The topological polar surface area (TPSA) is 47.6 Å². The molecule has 0 aliphatic heterocycles. The van der Waals surface area contributed by atoms with E-state index in [0.29, 0.717) is 12.5 Å². The van der Waals surface area contributed by atoms with Crippen molar-refractivity contribution in [2.24, 2.45) is 5.92 Å². The lowest BCUT2D eigenvalue weighted by atomic mass is 10.1. The van der Waals surface area contributed by atoms with Crippen molar-refractivity contribution in [2.75, 3.05) is 11.9 Å².